The standard InChI is InChI=1S/C17H24N4O3S/c1-11(2)13-5-7-14(8-6-13)23-9-15-19-20-17(21(15)18)25-10-16(22)24-12(3)4/h5-8,11-12H,9-10,18H2,1-4H3. The van der Waals surface area contributed by atoms with E-state index in [4.69, 9.17) is 15.3 Å². The van der Waals surface area contributed by atoms with Crippen molar-refractivity contribution >= 4 is 17.7 Å². The lowest BCUT2D eigenvalue weighted by Crippen LogP contribution is -2.17. The minimum absolute atomic E-state index is 0.130. The number of nitrogen functional groups attached to an aromatic ring is 1. The molecule has 136 valence electrons. The number of thioether (sulfide) groups is 1. The van der Waals surface area contributed by atoms with Crippen LogP contribution in [0.1, 0.15) is 45.0 Å². The van der Waals surface area contributed by atoms with Crippen LogP contribution in [-0.4, -0.2) is 32.7 Å². The number of hydrogen-bond acceptors (Lipinski definition) is 7. The van der Waals surface area contributed by atoms with Crippen LogP contribution < -0.4 is 10.6 Å². The van der Waals surface area contributed by atoms with Gasteiger partial charge in [-0.3, -0.25) is 4.79 Å². The molecule has 2 N–H and O–H groups in total. The normalized spacial score (nSPS) is 11.1. The molecule has 0 bridgehead atoms. The van der Waals surface area contributed by atoms with Crippen LogP contribution >= 0.6 is 11.8 Å². The van der Waals surface area contributed by atoms with E-state index in [9.17, 15) is 4.79 Å². The maximum atomic E-state index is 11.6. The summed E-state index contributed by atoms with van der Waals surface area (Å²) in [5.41, 5.74) is 1.25. The van der Waals surface area contributed by atoms with Crippen LogP contribution in [-0.2, 0) is 16.1 Å². The first-order valence-electron chi connectivity index (χ1n) is 8.11. The number of aromatic nitrogens is 3. The van der Waals surface area contributed by atoms with Crippen LogP contribution in [0.15, 0.2) is 29.4 Å². The van der Waals surface area contributed by atoms with Crippen LogP contribution in [0.25, 0.3) is 0 Å². The summed E-state index contributed by atoms with van der Waals surface area (Å²) in [4.78, 5) is 11.6. The Balaban J connectivity index is 1.89. The zero-order chi connectivity index (χ0) is 18.4. The quantitative estimate of drug-likeness (QED) is 0.437. The van der Waals surface area contributed by atoms with Crippen molar-refractivity contribution in [2.45, 2.75) is 51.5 Å². The lowest BCUT2D eigenvalue weighted by molar-refractivity contribution is -0.144. The van der Waals surface area contributed by atoms with Gasteiger partial charge >= 0.3 is 5.97 Å². The Morgan fingerprint density at radius 2 is 1.88 bits per heavy atom. The maximum Gasteiger partial charge on any atom is 0.316 e. The molecule has 2 aromatic rings. The molecule has 0 spiro atoms. The first kappa shape index (κ1) is 19.1. The first-order valence-corrected chi connectivity index (χ1v) is 9.09. The summed E-state index contributed by atoms with van der Waals surface area (Å²) < 4.78 is 12.1. The van der Waals surface area contributed by atoms with Gasteiger partial charge in [0.05, 0.1) is 11.9 Å². The summed E-state index contributed by atoms with van der Waals surface area (Å²) in [6, 6.07) is 7.91. The van der Waals surface area contributed by atoms with E-state index < -0.39 is 0 Å². The maximum absolute atomic E-state index is 11.6. The molecule has 0 aliphatic heterocycles. The molecular formula is C17H24N4O3S. The Labute approximate surface area is 151 Å². The molecule has 0 saturated carbocycles. The lowest BCUT2D eigenvalue weighted by Gasteiger charge is -2.09. The highest BCUT2D eigenvalue weighted by Gasteiger charge is 2.14. The number of ether oxygens (including phenoxy) is 2. The molecule has 0 atom stereocenters. The molecular weight excluding hydrogens is 340 g/mol. The van der Waals surface area contributed by atoms with E-state index in [1.807, 2.05) is 24.3 Å². The second kappa shape index (κ2) is 8.75. The van der Waals surface area contributed by atoms with Crippen LogP contribution in [0.4, 0.5) is 0 Å². The average Bonchev–Trinajstić information content (AvgIpc) is 2.91. The zero-order valence-corrected chi connectivity index (χ0v) is 15.7. The van der Waals surface area contributed by atoms with Gasteiger partial charge in [-0.25, -0.2) is 4.68 Å². The number of carbonyl (C=O) groups is 1. The van der Waals surface area contributed by atoms with Crippen LogP contribution in [0, 0.1) is 0 Å². The van der Waals surface area contributed by atoms with Gasteiger partial charge in [-0.05, 0) is 37.5 Å². The third kappa shape index (κ3) is 5.67. The van der Waals surface area contributed by atoms with E-state index in [0.717, 1.165) is 5.75 Å². The van der Waals surface area contributed by atoms with Crippen molar-refractivity contribution in [3.63, 3.8) is 0 Å². The van der Waals surface area contributed by atoms with Crippen molar-refractivity contribution < 1.29 is 14.3 Å². The molecule has 0 aliphatic rings. The fourth-order valence-electron chi connectivity index (χ4n) is 2.02. The highest BCUT2D eigenvalue weighted by atomic mass is 32.2. The fourth-order valence-corrected chi connectivity index (χ4v) is 2.68. The smallest absolute Gasteiger partial charge is 0.316 e. The van der Waals surface area contributed by atoms with E-state index in [-0.39, 0.29) is 24.4 Å². The molecule has 0 fully saturated rings. The van der Waals surface area contributed by atoms with Gasteiger partial charge in [0.25, 0.3) is 0 Å². The van der Waals surface area contributed by atoms with Crippen molar-refractivity contribution in [3.05, 3.63) is 35.7 Å². The van der Waals surface area contributed by atoms with E-state index in [1.54, 1.807) is 13.8 Å². The molecule has 25 heavy (non-hydrogen) atoms. The number of carbonyl (C=O) groups excluding carboxylic acids is 1. The van der Waals surface area contributed by atoms with Crippen molar-refractivity contribution in [2.24, 2.45) is 0 Å². The monoisotopic (exact) mass is 364 g/mol. The summed E-state index contributed by atoms with van der Waals surface area (Å²) in [6.45, 7) is 8.08. The van der Waals surface area contributed by atoms with Gasteiger partial charge in [-0.1, -0.05) is 37.7 Å². The Bertz CT molecular complexity index is 698. The molecule has 1 aromatic heterocycles. The van der Waals surface area contributed by atoms with Crippen LogP contribution in [0.2, 0.25) is 0 Å². The number of nitrogens with two attached hydrogens (primary N) is 1. The molecule has 2 rings (SSSR count). The summed E-state index contributed by atoms with van der Waals surface area (Å²) in [5.74, 6) is 7.47. The van der Waals surface area contributed by atoms with E-state index in [2.05, 4.69) is 24.0 Å². The predicted octanol–water partition coefficient (Wildman–Crippen LogP) is 2.74. The first-order chi connectivity index (χ1) is 11.9. The van der Waals surface area contributed by atoms with Crippen molar-refractivity contribution in [1.29, 1.82) is 0 Å². The number of benzene rings is 1. The van der Waals surface area contributed by atoms with Gasteiger partial charge in [-0.2, -0.15) is 0 Å². The molecule has 0 radical (unpaired) electrons. The van der Waals surface area contributed by atoms with Crippen molar-refractivity contribution in [3.8, 4) is 5.75 Å². The van der Waals surface area contributed by atoms with Gasteiger partial charge in [0.1, 0.15) is 12.4 Å². The number of hydrogen-bond donors (Lipinski definition) is 1. The summed E-state index contributed by atoms with van der Waals surface area (Å²) in [5, 5.41) is 8.42. The summed E-state index contributed by atoms with van der Waals surface area (Å²) in [7, 11) is 0. The summed E-state index contributed by atoms with van der Waals surface area (Å²) in [6.07, 6.45) is -0.144. The molecule has 1 heterocycles. The lowest BCUT2D eigenvalue weighted by atomic mass is 10.0. The average molecular weight is 364 g/mol. The van der Waals surface area contributed by atoms with Gasteiger partial charge in [0.2, 0.25) is 5.16 Å². The zero-order valence-electron chi connectivity index (χ0n) is 14.9. The molecule has 0 unspecified atom stereocenters. The van der Waals surface area contributed by atoms with Gasteiger partial charge < -0.3 is 15.3 Å². The van der Waals surface area contributed by atoms with Crippen molar-refractivity contribution in [2.75, 3.05) is 11.6 Å². The second-order valence-electron chi connectivity index (χ2n) is 6.11. The Hall–Kier alpha value is -2.22. The Kier molecular flexibility index (Phi) is 6.69. The minimum atomic E-state index is -0.314. The summed E-state index contributed by atoms with van der Waals surface area (Å²) >= 11 is 1.18. The largest absolute Gasteiger partial charge is 0.486 e. The van der Waals surface area contributed by atoms with Gasteiger partial charge in [0, 0.05) is 0 Å². The molecule has 0 amide bonds. The van der Waals surface area contributed by atoms with E-state index >= 15 is 0 Å². The number of rotatable bonds is 8. The molecule has 1 aromatic carbocycles. The molecule has 8 heteroatoms. The minimum Gasteiger partial charge on any atom is -0.486 e. The topological polar surface area (TPSA) is 92.3 Å². The fraction of sp³-hybridized carbons (Fsp3) is 0.471. The Morgan fingerprint density at radius 3 is 2.48 bits per heavy atom. The van der Waals surface area contributed by atoms with E-state index in [0.29, 0.717) is 16.9 Å². The van der Waals surface area contributed by atoms with Gasteiger partial charge in [0.15, 0.2) is 5.82 Å². The van der Waals surface area contributed by atoms with Crippen molar-refractivity contribution in [1.82, 2.24) is 14.9 Å². The second-order valence-corrected chi connectivity index (χ2v) is 7.05. The molecule has 7 nitrogen and oxygen atoms in total. The highest BCUT2D eigenvalue weighted by molar-refractivity contribution is 7.99. The Morgan fingerprint density at radius 1 is 1.20 bits per heavy atom. The predicted molar refractivity (Wildman–Crippen MR) is 97.0 cm³/mol. The van der Waals surface area contributed by atoms with Crippen LogP contribution in [0.3, 0.4) is 0 Å². The molecule has 0 aliphatic carbocycles. The highest BCUT2D eigenvalue weighted by Crippen LogP contribution is 2.20. The molecule has 0 saturated heterocycles. The SMILES string of the molecule is CC(C)OC(=O)CSc1nnc(COc2ccc(C(C)C)cc2)n1N. The number of nitrogens with zero attached hydrogens (tertiary/aromatic N) is 3. The van der Waals surface area contributed by atoms with E-state index in [1.165, 1.54) is 22.0 Å². The third-order valence-electron chi connectivity index (χ3n) is 3.34. The van der Waals surface area contributed by atoms with Gasteiger partial charge in [-0.15, -0.1) is 10.2 Å². The third-order valence-corrected chi connectivity index (χ3v) is 4.25. The number of esters is 1. The van der Waals surface area contributed by atoms with Crippen LogP contribution in [0.5, 0.6) is 5.75 Å².